The van der Waals surface area contributed by atoms with Crippen LogP contribution in [0.15, 0.2) is 41.8 Å². The van der Waals surface area contributed by atoms with E-state index in [2.05, 4.69) is 5.32 Å². The number of carbonyl (C=O) groups excluding carboxylic acids is 2. The van der Waals surface area contributed by atoms with Gasteiger partial charge in [-0.05, 0) is 42.5 Å². The van der Waals surface area contributed by atoms with Crippen LogP contribution in [0.4, 0.5) is 5.69 Å². The fourth-order valence-corrected chi connectivity index (χ4v) is 3.62. The molecule has 1 aliphatic rings. The Bertz CT molecular complexity index is 702. The summed E-state index contributed by atoms with van der Waals surface area (Å²) in [5.74, 6) is -0.233. The molecule has 0 spiro atoms. The highest BCUT2D eigenvalue weighted by Gasteiger charge is 2.29. The van der Waals surface area contributed by atoms with Crippen molar-refractivity contribution in [1.82, 2.24) is 4.90 Å². The van der Waals surface area contributed by atoms with Crippen LogP contribution in [-0.4, -0.2) is 29.8 Å². The third kappa shape index (κ3) is 3.92. The molecule has 1 aromatic carbocycles. The van der Waals surface area contributed by atoms with E-state index >= 15 is 0 Å². The highest BCUT2D eigenvalue weighted by atomic mass is 35.5. The van der Waals surface area contributed by atoms with Gasteiger partial charge in [0.05, 0.1) is 10.8 Å². The molecule has 4 nitrogen and oxygen atoms in total. The highest BCUT2D eigenvalue weighted by molar-refractivity contribution is 7.12. The number of amides is 2. The molecule has 1 atom stereocenters. The van der Waals surface area contributed by atoms with Gasteiger partial charge in [-0.3, -0.25) is 9.59 Å². The standard InChI is InChI=1S/C17H17ClN2O2S/c18-13-5-1-6-14(10-13)19-16(21)12-4-2-8-20(11-12)17(22)15-7-3-9-23-15/h1,3,5-7,9-10,12H,2,4,8,11H2,(H,19,21)/t12-/m0/s1. The maximum absolute atomic E-state index is 12.4. The van der Waals surface area contributed by atoms with Crippen molar-refractivity contribution in [2.75, 3.05) is 18.4 Å². The van der Waals surface area contributed by atoms with Crippen molar-refractivity contribution in [3.63, 3.8) is 0 Å². The van der Waals surface area contributed by atoms with E-state index in [1.165, 1.54) is 11.3 Å². The van der Waals surface area contributed by atoms with Crippen molar-refractivity contribution in [3.05, 3.63) is 51.7 Å². The highest BCUT2D eigenvalue weighted by Crippen LogP contribution is 2.22. The van der Waals surface area contributed by atoms with Crippen LogP contribution < -0.4 is 5.32 Å². The Morgan fingerprint density at radius 3 is 2.87 bits per heavy atom. The number of halogens is 1. The molecule has 0 unspecified atom stereocenters. The monoisotopic (exact) mass is 348 g/mol. The fraction of sp³-hybridized carbons (Fsp3) is 0.294. The predicted octanol–water partition coefficient (Wildman–Crippen LogP) is 3.89. The second kappa shape index (κ2) is 7.15. The van der Waals surface area contributed by atoms with Crippen LogP contribution in [0, 0.1) is 5.92 Å². The number of hydrogen-bond acceptors (Lipinski definition) is 3. The molecule has 1 aromatic heterocycles. The quantitative estimate of drug-likeness (QED) is 0.914. The van der Waals surface area contributed by atoms with E-state index < -0.39 is 0 Å². The zero-order valence-corrected chi connectivity index (χ0v) is 14.1. The molecule has 0 aliphatic carbocycles. The molecule has 1 fully saturated rings. The Morgan fingerprint density at radius 1 is 1.26 bits per heavy atom. The van der Waals surface area contributed by atoms with Crippen molar-refractivity contribution in [2.24, 2.45) is 5.92 Å². The van der Waals surface area contributed by atoms with Crippen LogP contribution in [0.2, 0.25) is 5.02 Å². The van der Waals surface area contributed by atoms with Crippen molar-refractivity contribution in [1.29, 1.82) is 0 Å². The van der Waals surface area contributed by atoms with Gasteiger partial charge in [0.2, 0.25) is 5.91 Å². The SMILES string of the molecule is O=C(Nc1cccc(Cl)c1)[C@H]1CCCN(C(=O)c2cccs2)C1. The van der Waals surface area contributed by atoms with Gasteiger partial charge in [0, 0.05) is 23.8 Å². The van der Waals surface area contributed by atoms with E-state index in [-0.39, 0.29) is 17.7 Å². The summed E-state index contributed by atoms with van der Waals surface area (Å²) < 4.78 is 0. The van der Waals surface area contributed by atoms with Gasteiger partial charge in [-0.2, -0.15) is 0 Å². The maximum Gasteiger partial charge on any atom is 0.263 e. The molecule has 6 heteroatoms. The molecular weight excluding hydrogens is 332 g/mol. The molecule has 2 aromatic rings. The first-order chi connectivity index (χ1) is 11.1. The number of thiophene rings is 1. The number of hydrogen-bond donors (Lipinski definition) is 1. The number of nitrogens with zero attached hydrogens (tertiary/aromatic N) is 1. The number of benzene rings is 1. The lowest BCUT2D eigenvalue weighted by atomic mass is 9.97. The predicted molar refractivity (Wildman–Crippen MR) is 93.0 cm³/mol. The molecule has 23 heavy (non-hydrogen) atoms. The summed E-state index contributed by atoms with van der Waals surface area (Å²) in [6, 6.07) is 10.8. The smallest absolute Gasteiger partial charge is 0.263 e. The van der Waals surface area contributed by atoms with E-state index in [0.717, 1.165) is 17.7 Å². The van der Waals surface area contributed by atoms with Gasteiger partial charge in [-0.1, -0.05) is 23.7 Å². The number of carbonyl (C=O) groups is 2. The number of likely N-dealkylation sites (tertiary alicyclic amines) is 1. The molecule has 120 valence electrons. The van der Waals surface area contributed by atoms with Gasteiger partial charge in [-0.15, -0.1) is 11.3 Å². The lowest BCUT2D eigenvalue weighted by Crippen LogP contribution is -2.43. The van der Waals surface area contributed by atoms with Crippen LogP contribution in [0.3, 0.4) is 0 Å². The first-order valence-electron chi connectivity index (χ1n) is 7.52. The second-order valence-electron chi connectivity index (χ2n) is 5.57. The molecular formula is C17H17ClN2O2S. The minimum Gasteiger partial charge on any atom is -0.337 e. The summed E-state index contributed by atoms with van der Waals surface area (Å²) in [6.45, 7) is 1.17. The first kappa shape index (κ1) is 16.0. The molecule has 0 saturated carbocycles. The van der Waals surface area contributed by atoms with Gasteiger partial charge < -0.3 is 10.2 Å². The number of anilines is 1. The van der Waals surface area contributed by atoms with E-state index in [0.29, 0.717) is 23.8 Å². The number of rotatable bonds is 3. The molecule has 2 heterocycles. The van der Waals surface area contributed by atoms with Gasteiger partial charge in [0.15, 0.2) is 0 Å². The Labute approximate surface area is 144 Å². The average Bonchev–Trinajstić information content (AvgIpc) is 3.09. The second-order valence-corrected chi connectivity index (χ2v) is 6.95. The fourth-order valence-electron chi connectivity index (χ4n) is 2.74. The van der Waals surface area contributed by atoms with Crippen LogP contribution in [0.1, 0.15) is 22.5 Å². The van der Waals surface area contributed by atoms with Gasteiger partial charge >= 0.3 is 0 Å². The van der Waals surface area contributed by atoms with Crippen molar-refractivity contribution >= 4 is 40.4 Å². The Morgan fingerprint density at radius 2 is 2.13 bits per heavy atom. The zero-order chi connectivity index (χ0) is 16.2. The van der Waals surface area contributed by atoms with Crippen LogP contribution in [-0.2, 0) is 4.79 Å². The lowest BCUT2D eigenvalue weighted by Gasteiger charge is -2.31. The van der Waals surface area contributed by atoms with Crippen LogP contribution in [0.25, 0.3) is 0 Å². The first-order valence-corrected chi connectivity index (χ1v) is 8.78. The summed E-state index contributed by atoms with van der Waals surface area (Å²) >= 11 is 7.36. The van der Waals surface area contributed by atoms with E-state index in [4.69, 9.17) is 11.6 Å². The van der Waals surface area contributed by atoms with Crippen LogP contribution in [0.5, 0.6) is 0 Å². The van der Waals surface area contributed by atoms with E-state index in [9.17, 15) is 9.59 Å². The molecule has 2 amide bonds. The average molecular weight is 349 g/mol. The molecule has 1 aliphatic heterocycles. The van der Waals surface area contributed by atoms with Crippen molar-refractivity contribution < 1.29 is 9.59 Å². The minimum absolute atomic E-state index is 0.0141. The summed E-state index contributed by atoms with van der Waals surface area (Å²) in [7, 11) is 0. The molecule has 0 radical (unpaired) electrons. The minimum atomic E-state index is -0.188. The molecule has 1 N–H and O–H groups in total. The molecule has 0 bridgehead atoms. The summed E-state index contributed by atoms with van der Waals surface area (Å²) in [5, 5.41) is 5.36. The molecule has 1 saturated heterocycles. The third-order valence-corrected chi connectivity index (χ3v) is 5.00. The lowest BCUT2D eigenvalue weighted by molar-refractivity contribution is -0.121. The summed E-state index contributed by atoms with van der Waals surface area (Å²) in [6.07, 6.45) is 1.63. The van der Waals surface area contributed by atoms with Gasteiger partial charge in [-0.25, -0.2) is 0 Å². The summed E-state index contributed by atoms with van der Waals surface area (Å²) in [4.78, 5) is 27.4. The largest absolute Gasteiger partial charge is 0.337 e. The Balaban J connectivity index is 1.64. The summed E-state index contributed by atoms with van der Waals surface area (Å²) in [5.41, 5.74) is 0.684. The number of piperidine rings is 1. The zero-order valence-electron chi connectivity index (χ0n) is 12.5. The van der Waals surface area contributed by atoms with Gasteiger partial charge in [0.25, 0.3) is 5.91 Å². The van der Waals surface area contributed by atoms with E-state index in [1.54, 1.807) is 29.2 Å². The molecule has 3 rings (SSSR count). The van der Waals surface area contributed by atoms with Crippen molar-refractivity contribution in [2.45, 2.75) is 12.8 Å². The van der Waals surface area contributed by atoms with Gasteiger partial charge in [0.1, 0.15) is 0 Å². The maximum atomic E-state index is 12.4. The van der Waals surface area contributed by atoms with Crippen molar-refractivity contribution in [3.8, 4) is 0 Å². The Hall–Kier alpha value is -1.85. The van der Waals surface area contributed by atoms with E-state index in [1.807, 2.05) is 17.5 Å². The third-order valence-electron chi connectivity index (χ3n) is 3.90. The Kier molecular flexibility index (Phi) is 4.98. The topological polar surface area (TPSA) is 49.4 Å². The number of nitrogens with one attached hydrogen (secondary N) is 1. The normalized spacial score (nSPS) is 17.8. The van der Waals surface area contributed by atoms with Crippen LogP contribution >= 0.6 is 22.9 Å².